The molecule has 0 aromatic heterocycles. The molecule has 28 heavy (non-hydrogen) atoms. The number of ether oxygens (including phenoxy) is 1. The van der Waals surface area contributed by atoms with Gasteiger partial charge in [-0.15, -0.1) is 0 Å². The first-order valence-corrected chi connectivity index (χ1v) is 9.49. The molecular weight excluding hydrogens is 362 g/mol. The Kier molecular flexibility index (Phi) is 7.78. The molecule has 0 saturated carbocycles. The Morgan fingerprint density at radius 2 is 1.61 bits per heavy atom. The summed E-state index contributed by atoms with van der Waals surface area (Å²) in [7, 11) is 1.26. The van der Waals surface area contributed by atoms with Gasteiger partial charge in [0.05, 0.1) is 7.11 Å². The van der Waals surface area contributed by atoms with Crippen LogP contribution in [0.1, 0.15) is 48.0 Å². The number of esters is 1. The molecule has 0 aromatic carbocycles. The zero-order valence-corrected chi connectivity index (χ0v) is 17.9. The van der Waals surface area contributed by atoms with E-state index in [2.05, 4.69) is 17.2 Å². The molecule has 8 nitrogen and oxygen atoms in total. The van der Waals surface area contributed by atoms with Crippen molar-refractivity contribution in [3.05, 3.63) is 12.2 Å². The minimum atomic E-state index is -1.21. The molecule has 0 unspecified atom stereocenters. The van der Waals surface area contributed by atoms with Crippen LogP contribution in [0.5, 0.6) is 0 Å². The number of rotatable bonds is 7. The molecule has 1 saturated heterocycles. The second-order valence-corrected chi connectivity index (χ2v) is 8.27. The van der Waals surface area contributed by atoms with Crippen molar-refractivity contribution in [2.75, 3.05) is 13.7 Å². The summed E-state index contributed by atoms with van der Waals surface area (Å²) < 4.78 is 4.78. The molecule has 0 aromatic rings. The first kappa shape index (κ1) is 23.7. The molecule has 1 aliphatic heterocycles. The zero-order chi connectivity index (χ0) is 21.8. The van der Waals surface area contributed by atoms with Crippen molar-refractivity contribution in [2.45, 2.75) is 65.6 Å². The topological polar surface area (TPSA) is 105 Å². The third-order valence-corrected chi connectivity index (χ3v) is 5.03. The van der Waals surface area contributed by atoms with Gasteiger partial charge in [0.1, 0.15) is 17.6 Å². The SMILES string of the molecule is C=C1CN(C(=O)[C@@H](NC(C)=O)C(C)C)[C@@](C)(C(=O)N[C@H](C(=O)OC)C(C)C)C1. The van der Waals surface area contributed by atoms with Gasteiger partial charge in [0.15, 0.2) is 0 Å². The van der Waals surface area contributed by atoms with Crippen LogP contribution in [0.15, 0.2) is 12.2 Å². The molecule has 158 valence electrons. The number of hydrogen-bond donors (Lipinski definition) is 2. The highest BCUT2D eigenvalue weighted by molar-refractivity contribution is 5.97. The number of carbonyl (C=O) groups is 4. The van der Waals surface area contributed by atoms with Crippen molar-refractivity contribution in [1.82, 2.24) is 15.5 Å². The van der Waals surface area contributed by atoms with E-state index in [9.17, 15) is 19.2 Å². The van der Waals surface area contributed by atoms with Gasteiger partial charge in [-0.1, -0.05) is 39.8 Å². The van der Waals surface area contributed by atoms with Gasteiger partial charge < -0.3 is 20.3 Å². The highest BCUT2D eigenvalue weighted by Gasteiger charge is 2.50. The molecule has 0 radical (unpaired) electrons. The van der Waals surface area contributed by atoms with Crippen LogP contribution >= 0.6 is 0 Å². The lowest BCUT2D eigenvalue weighted by atomic mass is 9.93. The van der Waals surface area contributed by atoms with E-state index in [1.54, 1.807) is 20.8 Å². The fourth-order valence-corrected chi connectivity index (χ4v) is 3.38. The van der Waals surface area contributed by atoms with Crippen molar-refractivity contribution in [3.8, 4) is 0 Å². The number of nitrogens with one attached hydrogen (secondary N) is 2. The van der Waals surface area contributed by atoms with Gasteiger partial charge in [0.25, 0.3) is 0 Å². The van der Waals surface area contributed by atoms with Gasteiger partial charge in [0, 0.05) is 19.9 Å². The Morgan fingerprint density at radius 3 is 2.04 bits per heavy atom. The third-order valence-electron chi connectivity index (χ3n) is 5.03. The molecule has 1 heterocycles. The second-order valence-electron chi connectivity index (χ2n) is 8.27. The first-order valence-electron chi connectivity index (χ1n) is 9.49. The van der Waals surface area contributed by atoms with Crippen molar-refractivity contribution in [1.29, 1.82) is 0 Å². The monoisotopic (exact) mass is 395 g/mol. The molecule has 8 heteroatoms. The fraction of sp³-hybridized carbons (Fsp3) is 0.700. The third kappa shape index (κ3) is 5.11. The summed E-state index contributed by atoms with van der Waals surface area (Å²) in [5.74, 6) is -2.00. The van der Waals surface area contributed by atoms with Crippen LogP contribution in [0.4, 0.5) is 0 Å². The summed E-state index contributed by atoms with van der Waals surface area (Å²) in [4.78, 5) is 51.3. The van der Waals surface area contributed by atoms with Gasteiger partial charge in [0.2, 0.25) is 17.7 Å². The van der Waals surface area contributed by atoms with E-state index >= 15 is 0 Å². The maximum Gasteiger partial charge on any atom is 0.328 e. The Hall–Kier alpha value is -2.38. The highest BCUT2D eigenvalue weighted by Crippen LogP contribution is 2.33. The number of methoxy groups -OCH3 is 1. The predicted molar refractivity (Wildman–Crippen MR) is 105 cm³/mol. The lowest BCUT2D eigenvalue weighted by Crippen LogP contribution is -2.62. The average molecular weight is 396 g/mol. The van der Waals surface area contributed by atoms with E-state index in [1.807, 2.05) is 13.8 Å². The smallest absolute Gasteiger partial charge is 0.328 e. The van der Waals surface area contributed by atoms with Crippen LogP contribution in [0.2, 0.25) is 0 Å². The fourth-order valence-electron chi connectivity index (χ4n) is 3.38. The Bertz CT molecular complexity index is 658. The first-order chi connectivity index (χ1) is 12.8. The van der Waals surface area contributed by atoms with Crippen molar-refractivity contribution < 1.29 is 23.9 Å². The van der Waals surface area contributed by atoms with Crippen LogP contribution in [-0.4, -0.2) is 59.9 Å². The summed E-state index contributed by atoms with van der Waals surface area (Å²) in [6.45, 7) is 14.4. The maximum absolute atomic E-state index is 13.2. The molecule has 1 rings (SSSR count). The van der Waals surface area contributed by atoms with Crippen molar-refractivity contribution in [2.24, 2.45) is 11.8 Å². The summed E-state index contributed by atoms with van der Waals surface area (Å²) in [5, 5.41) is 5.40. The highest BCUT2D eigenvalue weighted by atomic mass is 16.5. The molecule has 2 N–H and O–H groups in total. The van der Waals surface area contributed by atoms with E-state index < -0.39 is 29.5 Å². The normalized spacial score (nSPS) is 21.5. The van der Waals surface area contributed by atoms with Gasteiger partial charge in [-0.3, -0.25) is 14.4 Å². The predicted octanol–water partition coefficient (Wildman–Crippen LogP) is 1.01. The van der Waals surface area contributed by atoms with Crippen molar-refractivity contribution in [3.63, 3.8) is 0 Å². The van der Waals surface area contributed by atoms with Gasteiger partial charge >= 0.3 is 5.97 Å². The Morgan fingerprint density at radius 1 is 1.07 bits per heavy atom. The van der Waals surface area contributed by atoms with Gasteiger partial charge in [-0.05, 0) is 18.8 Å². The van der Waals surface area contributed by atoms with Crippen LogP contribution < -0.4 is 10.6 Å². The minimum absolute atomic E-state index is 0.156. The molecule has 1 fully saturated rings. The van der Waals surface area contributed by atoms with Gasteiger partial charge in [-0.25, -0.2) is 4.79 Å². The lowest BCUT2D eigenvalue weighted by Gasteiger charge is -2.37. The largest absolute Gasteiger partial charge is 0.467 e. The number of likely N-dealkylation sites (tertiary alicyclic amines) is 1. The molecule has 0 spiro atoms. The second kappa shape index (κ2) is 9.21. The summed E-state index contributed by atoms with van der Waals surface area (Å²) in [6.07, 6.45) is 0.279. The summed E-state index contributed by atoms with van der Waals surface area (Å²) in [6, 6.07) is -1.58. The minimum Gasteiger partial charge on any atom is -0.467 e. The van der Waals surface area contributed by atoms with Crippen molar-refractivity contribution >= 4 is 23.7 Å². The quantitative estimate of drug-likeness (QED) is 0.494. The molecule has 3 amide bonds. The molecule has 1 aliphatic rings. The lowest BCUT2D eigenvalue weighted by molar-refractivity contribution is -0.151. The van der Waals surface area contributed by atoms with Crippen LogP contribution in [0.25, 0.3) is 0 Å². The number of hydrogen-bond acceptors (Lipinski definition) is 5. The number of carbonyl (C=O) groups excluding carboxylic acids is 4. The molecule has 0 aliphatic carbocycles. The van der Waals surface area contributed by atoms with Crippen LogP contribution in [-0.2, 0) is 23.9 Å². The summed E-state index contributed by atoms with van der Waals surface area (Å²) in [5.41, 5.74) is -0.475. The van der Waals surface area contributed by atoms with Crippen LogP contribution in [0, 0.1) is 11.8 Å². The average Bonchev–Trinajstić information content (AvgIpc) is 2.91. The molecular formula is C20H33N3O5. The molecule has 3 atom stereocenters. The van der Waals surface area contributed by atoms with E-state index in [0.29, 0.717) is 0 Å². The van der Waals surface area contributed by atoms with E-state index in [4.69, 9.17) is 4.74 Å². The van der Waals surface area contributed by atoms with Gasteiger partial charge in [-0.2, -0.15) is 0 Å². The van der Waals surface area contributed by atoms with E-state index in [0.717, 1.165) is 5.57 Å². The zero-order valence-electron chi connectivity index (χ0n) is 17.9. The number of amides is 3. The maximum atomic E-state index is 13.2. The van der Waals surface area contributed by atoms with E-state index in [1.165, 1.54) is 18.9 Å². The van der Waals surface area contributed by atoms with E-state index in [-0.39, 0.29) is 36.6 Å². The Balaban J connectivity index is 3.17. The summed E-state index contributed by atoms with van der Waals surface area (Å²) >= 11 is 0. The molecule has 0 bridgehead atoms. The number of nitrogens with zero attached hydrogens (tertiary/aromatic N) is 1. The standard InChI is InChI=1S/C20H33N3O5/c1-11(2)15(21-14(6)24)17(25)23-10-13(5)9-20(23,7)19(27)22-16(12(3)4)18(26)28-8/h11-12,15-16H,5,9-10H2,1-4,6-8H3,(H,21,24)(H,22,27)/t15-,16-,20+/m0/s1. The van der Waals surface area contributed by atoms with Crippen LogP contribution in [0.3, 0.4) is 0 Å². The Labute approximate surface area is 167 Å².